The average Bonchev–Trinajstić information content (AvgIpc) is 2.87. The number of aromatic nitrogens is 1. The second-order valence-corrected chi connectivity index (χ2v) is 6.19. The highest BCUT2D eigenvalue weighted by atomic mass is 32.1. The molecule has 0 aliphatic carbocycles. The van der Waals surface area contributed by atoms with Crippen LogP contribution in [0.1, 0.15) is 34.1 Å². The lowest BCUT2D eigenvalue weighted by Crippen LogP contribution is -2.23. The van der Waals surface area contributed by atoms with Gasteiger partial charge in [-0.15, -0.1) is 22.7 Å². The standard InChI is InChI=1S/C13H18N2S2/c1-4-14-12(11-5-6-16-10(11)3)7-13-15-9(2)8-17-13/h5-6,8,12,14H,4,7H2,1-3H3. The fraction of sp³-hybridized carbons (Fsp3) is 0.462. The van der Waals surface area contributed by atoms with Crippen LogP contribution in [-0.4, -0.2) is 11.5 Å². The summed E-state index contributed by atoms with van der Waals surface area (Å²) in [6, 6.07) is 2.63. The van der Waals surface area contributed by atoms with Crippen LogP contribution in [0.3, 0.4) is 0 Å². The maximum atomic E-state index is 4.55. The van der Waals surface area contributed by atoms with Gasteiger partial charge in [-0.1, -0.05) is 6.92 Å². The number of nitrogens with one attached hydrogen (secondary N) is 1. The summed E-state index contributed by atoms with van der Waals surface area (Å²) in [6.07, 6.45) is 0.990. The molecule has 2 nitrogen and oxygen atoms in total. The molecule has 2 aromatic heterocycles. The Kier molecular flexibility index (Phi) is 4.31. The molecule has 0 bridgehead atoms. The van der Waals surface area contributed by atoms with E-state index in [-0.39, 0.29) is 0 Å². The van der Waals surface area contributed by atoms with Gasteiger partial charge in [-0.2, -0.15) is 0 Å². The number of likely N-dealkylation sites (N-methyl/N-ethyl adjacent to an activating group) is 1. The normalized spacial score (nSPS) is 12.9. The van der Waals surface area contributed by atoms with E-state index in [0.29, 0.717) is 6.04 Å². The van der Waals surface area contributed by atoms with Crippen LogP contribution in [0.25, 0.3) is 0 Å². The van der Waals surface area contributed by atoms with Crippen LogP contribution in [0, 0.1) is 13.8 Å². The summed E-state index contributed by atoms with van der Waals surface area (Å²) in [4.78, 5) is 5.96. The van der Waals surface area contributed by atoms with Crippen molar-refractivity contribution >= 4 is 22.7 Å². The molecular weight excluding hydrogens is 248 g/mol. The van der Waals surface area contributed by atoms with Crippen LogP contribution in [-0.2, 0) is 6.42 Å². The van der Waals surface area contributed by atoms with E-state index in [9.17, 15) is 0 Å². The third-order valence-electron chi connectivity index (χ3n) is 2.77. The van der Waals surface area contributed by atoms with Crippen molar-refractivity contribution in [3.05, 3.63) is 38.0 Å². The number of thiazole rings is 1. The van der Waals surface area contributed by atoms with Crippen molar-refractivity contribution < 1.29 is 0 Å². The van der Waals surface area contributed by atoms with E-state index in [4.69, 9.17) is 0 Å². The van der Waals surface area contributed by atoms with E-state index in [1.54, 1.807) is 11.3 Å². The third kappa shape index (κ3) is 3.15. The second-order valence-electron chi connectivity index (χ2n) is 4.13. The molecule has 0 radical (unpaired) electrons. The van der Waals surface area contributed by atoms with Gasteiger partial charge in [-0.25, -0.2) is 4.98 Å². The van der Waals surface area contributed by atoms with Crippen LogP contribution in [0.5, 0.6) is 0 Å². The Morgan fingerprint density at radius 2 is 2.18 bits per heavy atom. The SMILES string of the molecule is CCNC(Cc1nc(C)cs1)c1ccsc1C. The zero-order valence-corrected chi connectivity index (χ0v) is 12.1. The summed E-state index contributed by atoms with van der Waals surface area (Å²) in [5.74, 6) is 0. The summed E-state index contributed by atoms with van der Waals surface area (Å²) < 4.78 is 0. The van der Waals surface area contributed by atoms with E-state index in [1.165, 1.54) is 15.4 Å². The van der Waals surface area contributed by atoms with Crippen molar-refractivity contribution in [2.24, 2.45) is 0 Å². The third-order valence-corrected chi connectivity index (χ3v) is 4.62. The highest BCUT2D eigenvalue weighted by Gasteiger charge is 2.15. The molecule has 2 aromatic rings. The van der Waals surface area contributed by atoms with Crippen molar-refractivity contribution in [3.8, 4) is 0 Å². The topological polar surface area (TPSA) is 24.9 Å². The largest absolute Gasteiger partial charge is 0.310 e. The van der Waals surface area contributed by atoms with Gasteiger partial charge in [0.05, 0.1) is 5.01 Å². The van der Waals surface area contributed by atoms with Crippen LogP contribution in [0.2, 0.25) is 0 Å². The molecule has 1 atom stereocenters. The van der Waals surface area contributed by atoms with E-state index in [1.807, 2.05) is 11.3 Å². The molecule has 2 rings (SSSR count). The maximum absolute atomic E-state index is 4.55. The van der Waals surface area contributed by atoms with Crippen molar-refractivity contribution in [2.45, 2.75) is 33.2 Å². The molecule has 0 aromatic carbocycles. The highest BCUT2D eigenvalue weighted by Crippen LogP contribution is 2.26. The Labute approximate surface area is 111 Å². The molecule has 0 aliphatic rings. The van der Waals surface area contributed by atoms with Crippen LogP contribution < -0.4 is 5.32 Å². The van der Waals surface area contributed by atoms with E-state index in [0.717, 1.165) is 18.7 Å². The molecule has 4 heteroatoms. The lowest BCUT2D eigenvalue weighted by molar-refractivity contribution is 0.548. The molecule has 2 heterocycles. The molecular formula is C13H18N2S2. The molecule has 0 amide bonds. The molecule has 1 N–H and O–H groups in total. The minimum atomic E-state index is 0.400. The maximum Gasteiger partial charge on any atom is 0.0947 e. The number of nitrogens with zero attached hydrogens (tertiary/aromatic N) is 1. The van der Waals surface area contributed by atoms with Gasteiger partial charge in [0.25, 0.3) is 0 Å². The Morgan fingerprint density at radius 1 is 1.35 bits per heavy atom. The van der Waals surface area contributed by atoms with Crippen molar-refractivity contribution in [3.63, 3.8) is 0 Å². The zero-order chi connectivity index (χ0) is 12.3. The van der Waals surface area contributed by atoms with E-state index >= 15 is 0 Å². The number of rotatable bonds is 5. The van der Waals surface area contributed by atoms with Gasteiger partial charge in [0.15, 0.2) is 0 Å². The first kappa shape index (κ1) is 12.7. The predicted molar refractivity (Wildman–Crippen MR) is 76.0 cm³/mol. The lowest BCUT2D eigenvalue weighted by Gasteiger charge is -2.16. The number of aryl methyl sites for hydroxylation is 2. The first-order valence-electron chi connectivity index (χ1n) is 5.89. The van der Waals surface area contributed by atoms with Crippen LogP contribution in [0.4, 0.5) is 0 Å². The van der Waals surface area contributed by atoms with E-state index < -0.39 is 0 Å². The summed E-state index contributed by atoms with van der Waals surface area (Å²) in [6.45, 7) is 7.39. The van der Waals surface area contributed by atoms with Gasteiger partial charge in [0.1, 0.15) is 0 Å². The fourth-order valence-corrected chi connectivity index (χ4v) is 3.55. The molecule has 1 unspecified atom stereocenters. The molecule has 92 valence electrons. The fourth-order valence-electron chi connectivity index (χ4n) is 1.97. The summed E-state index contributed by atoms with van der Waals surface area (Å²) in [7, 11) is 0. The molecule has 0 fully saturated rings. The average molecular weight is 266 g/mol. The summed E-state index contributed by atoms with van der Waals surface area (Å²) >= 11 is 3.58. The van der Waals surface area contributed by atoms with Gasteiger partial charge in [-0.05, 0) is 37.4 Å². The van der Waals surface area contributed by atoms with Crippen molar-refractivity contribution in [2.75, 3.05) is 6.54 Å². The summed E-state index contributed by atoms with van der Waals surface area (Å²) in [5, 5.41) is 9.07. The summed E-state index contributed by atoms with van der Waals surface area (Å²) in [5.41, 5.74) is 2.55. The zero-order valence-electron chi connectivity index (χ0n) is 10.5. The number of hydrogen-bond acceptors (Lipinski definition) is 4. The van der Waals surface area contributed by atoms with Gasteiger partial charge in [0, 0.05) is 28.4 Å². The number of thiophene rings is 1. The lowest BCUT2D eigenvalue weighted by atomic mass is 10.1. The Balaban J connectivity index is 2.15. The Bertz CT molecular complexity index is 473. The molecule has 17 heavy (non-hydrogen) atoms. The number of hydrogen-bond donors (Lipinski definition) is 1. The first-order valence-corrected chi connectivity index (χ1v) is 7.65. The van der Waals surface area contributed by atoms with Crippen molar-refractivity contribution in [1.82, 2.24) is 10.3 Å². The minimum absolute atomic E-state index is 0.400. The predicted octanol–water partition coefficient (Wildman–Crippen LogP) is 3.71. The van der Waals surface area contributed by atoms with Crippen LogP contribution in [0.15, 0.2) is 16.8 Å². The van der Waals surface area contributed by atoms with Crippen LogP contribution >= 0.6 is 22.7 Å². The van der Waals surface area contributed by atoms with Gasteiger partial charge >= 0.3 is 0 Å². The first-order chi connectivity index (χ1) is 8.20. The molecule has 0 spiro atoms. The van der Waals surface area contributed by atoms with E-state index in [2.05, 4.69) is 47.9 Å². The Hall–Kier alpha value is -0.710. The van der Waals surface area contributed by atoms with Crippen molar-refractivity contribution in [1.29, 1.82) is 0 Å². The smallest absolute Gasteiger partial charge is 0.0947 e. The monoisotopic (exact) mass is 266 g/mol. The van der Waals surface area contributed by atoms with Gasteiger partial charge in [0.2, 0.25) is 0 Å². The quantitative estimate of drug-likeness (QED) is 0.892. The molecule has 0 aliphatic heterocycles. The highest BCUT2D eigenvalue weighted by molar-refractivity contribution is 7.10. The molecule has 0 saturated carbocycles. The van der Waals surface area contributed by atoms with Gasteiger partial charge in [-0.3, -0.25) is 0 Å². The Morgan fingerprint density at radius 3 is 2.71 bits per heavy atom. The molecule has 0 saturated heterocycles. The minimum Gasteiger partial charge on any atom is -0.310 e. The second kappa shape index (κ2) is 5.76. The van der Waals surface area contributed by atoms with Gasteiger partial charge < -0.3 is 5.32 Å².